The number of hydroxylamine groups is 2. The van der Waals surface area contributed by atoms with E-state index in [1.54, 1.807) is 31.2 Å². The Morgan fingerprint density at radius 1 is 1.41 bits per heavy atom. The molecule has 0 aliphatic carbocycles. The average Bonchev–Trinajstić information content (AvgIpc) is 2.87. The molecular formula is C14H17ClN4O3. The summed E-state index contributed by atoms with van der Waals surface area (Å²) in [4.78, 5) is 29.1. The number of hydrogen-bond donors (Lipinski definition) is 2. The second-order valence-corrected chi connectivity index (χ2v) is 5.24. The summed E-state index contributed by atoms with van der Waals surface area (Å²) in [7, 11) is 2.88. The molecule has 7 nitrogen and oxygen atoms in total. The molecule has 2 atom stereocenters. The summed E-state index contributed by atoms with van der Waals surface area (Å²) >= 11 is 5.99. The molecule has 2 amide bonds. The van der Waals surface area contributed by atoms with E-state index in [2.05, 4.69) is 15.8 Å². The minimum atomic E-state index is -0.493. The highest BCUT2D eigenvalue weighted by molar-refractivity contribution is 6.39. The first-order valence-corrected chi connectivity index (χ1v) is 7.04. The SMILES string of the molecule is CON(C)C(=O)C1=NNC(NC(=O)c2ccccc2Cl)C1C. The normalized spacial score (nSPS) is 20.1. The topological polar surface area (TPSA) is 83.0 Å². The maximum Gasteiger partial charge on any atom is 0.293 e. The Labute approximate surface area is 133 Å². The number of halogens is 1. The summed E-state index contributed by atoms with van der Waals surface area (Å²) in [6.45, 7) is 1.79. The zero-order chi connectivity index (χ0) is 16.3. The molecule has 2 N–H and O–H groups in total. The first kappa shape index (κ1) is 16.3. The van der Waals surface area contributed by atoms with E-state index < -0.39 is 6.17 Å². The molecule has 2 rings (SSSR count). The lowest BCUT2D eigenvalue weighted by Gasteiger charge is -2.20. The first-order valence-electron chi connectivity index (χ1n) is 6.66. The standard InChI is InChI=1S/C14H17ClN4O3/c1-8-11(14(21)19(2)22-3)17-18-12(8)16-13(20)9-6-4-5-7-10(9)15/h4-8,12,18H,1-3H3,(H,16,20). The Morgan fingerprint density at radius 2 is 2.09 bits per heavy atom. The molecule has 8 heteroatoms. The molecule has 1 aliphatic rings. The Morgan fingerprint density at radius 3 is 2.73 bits per heavy atom. The van der Waals surface area contributed by atoms with Gasteiger partial charge in [-0.05, 0) is 12.1 Å². The maximum absolute atomic E-state index is 12.2. The van der Waals surface area contributed by atoms with Gasteiger partial charge in [0.25, 0.3) is 11.8 Å². The van der Waals surface area contributed by atoms with Crippen LogP contribution in [0.15, 0.2) is 29.4 Å². The fourth-order valence-electron chi connectivity index (χ4n) is 2.02. The zero-order valence-electron chi connectivity index (χ0n) is 12.5. The van der Waals surface area contributed by atoms with Crippen molar-refractivity contribution in [3.63, 3.8) is 0 Å². The zero-order valence-corrected chi connectivity index (χ0v) is 13.2. The van der Waals surface area contributed by atoms with Crippen LogP contribution in [0.4, 0.5) is 0 Å². The van der Waals surface area contributed by atoms with E-state index >= 15 is 0 Å². The second kappa shape index (κ2) is 6.76. The van der Waals surface area contributed by atoms with Crippen molar-refractivity contribution in [3.05, 3.63) is 34.9 Å². The Balaban J connectivity index is 2.04. The molecule has 0 spiro atoms. The van der Waals surface area contributed by atoms with Crippen molar-refractivity contribution in [2.24, 2.45) is 11.0 Å². The molecule has 1 aromatic carbocycles. The monoisotopic (exact) mass is 324 g/mol. The fourth-order valence-corrected chi connectivity index (χ4v) is 2.24. The highest BCUT2D eigenvalue weighted by atomic mass is 35.5. The number of hydrazone groups is 1. The largest absolute Gasteiger partial charge is 0.330 e. The quantitative estimate of drug-likeness (QED) is 0.810. The lowest BCUT2D eigenvalue weighted by Crippen LogP contribution is -2.47. The van der Waals surface area contributed by atoms with Gasteiger partial charge in [-0.1, -0.05) is 30.7 Å². The van der Waals surface area contributed by atoms with Crippen LogP contribution in [-0.2, 0) is 9.63 Å². The molecule has 0 fully saturated rings. The van der Waals surface area contributed by atoms with E-state index in [0.717, 1.165) is 5.06 Å². The number of carbonyl (C=O) groups excluding carboxylic acids is 2. The van der Waals surface area contributed by atoms with Crippen molar-refractivity contribution >= 4 is 29.1 Å². The van der Waals surface area contributed by atoms with Crippen molar-refractivity contribution in [2.75, 3.05) is 14.2 Å². The Hall–Kier alpha value is -2.12. The number of nitrogens with zero attached hydrogens (tertiary/aromatic N) is 2. The van der Waals surface area contributed by atoms with Crippen molar-refractivity contribution < 1.29 is 14.4 Å². The molecule has 0 radical (unpaired) electrons. The molecule has 1 heterocycles. The highest BCUT2D eigenvalue weighted by Crippen LogP contribution is 2.17. The number of hydrogen-bond acceptors (Lipinski definition) is 5. The van der Waals surface area contributed by atoms with Crippen LogP contribution in [0.2, 0.25) is 5.02 Å². The molecule has 22 heavy (non-hydrogen) atoms. The summed E-state index contributed by atoms with van der Waals surface area (Å²) < 4.78 is 0. The van der Waals surface area contributed by atoms with Crippen molar-refractivity contribution in [1.82, 2.24) is 15.8 Å². The predicted octanol–water partition coefficient (Wildman–Crippen LogP) is 1.01. The molecule has 0 saturated carbocycles. The lowest BCUT2D eigenvalue weighted by molar-refractivity contribution is -0.160. The number of nitrogens with one attached hydrogen (secondary N) is 2. The van der Waals surface area contributed by atoms with Gasteiger partial charge in [-0.25, -0.2) is 5.06 Å². The molecule has 1 aromatic rings. The van der Waals surface area contributed by atoms with Crippen LogP contribution in [0.25, 0.3) is 0 Å². The van der Waals surface area contributed by atoms with Gasteiger partial charge in [-0.15, -0.1) is 0 Å². The summed E-state index contributed by atoms with van der Waals surface area (Å²) in [6.07, 6.45) is -0.493. The molecular weight excluding hydrogens is 308 g/mol. The number of amides is 2. The van der Waals surface area contributed by atoms with Gasteiger partial charge >= 0.3 is 0 Å². The molecule has 0 bridgehead atoms. The highest BCUT2D eigenvalue weighted by Gasteiger charge is 2.35. The van der Waals surface area contributed by atoms with E-state index in [1.165, 1.54) is 14.2 Å². The molecule has 0 saturated heterocycles. The van der Waals surface area contributed by atoms with Gasteiger partial charge in [0.05, 0.1) is 17.7 Å². The predicted molar refractivity (Wildman–Crippen MR) is 82.2 cm³/mol. The van der Waals surface area contributed by atoms with E-state index in [1.807, 2.05) is 0 Å². The smallest absolute Gasteiger partial charge is 0.293 e. The van der Waals surface area contributed by atoms with E-state index in [-0.39, 0.29) is 23.4 Å². The van der Waals surface area contributed by atoms with Gasteiger partial charge < -0.3 is 5.32 Å². The van der Waals surface area contributed by atoms with Crippen LogP contribution >= 0.6 is 11.6 Å². The molecule has 118 valence electrons. The summed E-state index contributed by atoms with van der Waals surface area (Å²) in [6, 6.07) is 6.74. The molecule has 1 aliphatic heterocycles. The number of rotatable bonds is 4. The van der Waals surface area contributed by atoms with Crippen LogP contribution < -0.4 is 10.7 Å². The third kappa shape index (κ3) is 3.20. The number of carbonyl (C=O) groups is 2. The first-order chi connectivity index (χ1) is 10.5. The van der Waals surface area contributed by atoms with Crippen LogP contribution in [0.3, 0.4) is 0 Å². The summed E-state index contributed by atoms with van der Waals surface area (Å²) in [5.74, 6) is -1.01. The summed E-state index contributed by atoms with van der Waals surface area (Å²) in [5.41, 5.74) is 3.40. The van der Waals surface area contributed by atoms with Crippen LogP contribution in [0.1, 0.15) is 17.3 Å². The Kier molecular flexibility index (Phi) is 4.99. The van der Waals surface area contributed by atoms with Gasteiger partial charge in [-0.3, -0.25) is 19.9 Å². The summed E-state index contributed by atoms with van der Waals surface area (Å²) in [5, 5.41) is 8.19. The van der Waals surface area contributed by atoms with Crippen LogP contribution in [-0.4, -0.2) is 42.9 Å². The second-order valence-electron chi connectivity index (χ2n) is 4.83. The van der Waals surface area contributed by atoms with E-state index in [0.29, 0.717) is 10.6 Å². The van der Waals surface area contributed by atoms with Gasteiger partial charge in [0.15, 0.2) is 0 Å². The maximum atomic E-state index is 12.2. The third-order valence-corrected chi connectivity index (χ3v) is 3.77. The minimum Gasteiger partial charge on any atom is -0.330 e. The van der Waals surface area contributed by atoms with Crippen molar-refractivity contribution in [3.8, 4) is 0 Å². The van der Waals surface area contributed by atoms with Gasteiger partial charge in [-0.2, -0.15) is 5.10 Å². The number of benzene rings is 1. The Bertz CT molecular complexity index is 620. The van der Waals surface area contributed by atoms with E-state index in [9.17, 15) is 9.59 Å². The van der Waals surface area contributed by atoms with Crippen LogP contribution in [0, 0.1) is 5.92 Å². The lowest BCUT2D eigenvalue weighted by atomic mass is 10.0. The van der Waals surface area contributed by atoms with Crippen molar-refractivity contribution in [1.29, 1.82) is 0 Å². The third-order valence-electron chi connectivity index (χ3n) is 3.44. The van der Waals surface area contributed by atoms with Gasteiger partial charge in [0.1, 0.15) is 11.9 Å². The van der Waals surface area contributed by atoms with Crippen LogP contribution in [0.5, 0.6) is 0 Å². The van der Waals surface area contributed by atoms with Crippen molar-refractivity contribution in [2.45, 2.75) is 13.1 Å². The van der Waals surface area contributed by atoms with Gasteiger partial charge in [0, 0.05) is 13.0 Å². The fraction of sp³-hybridized carbons (Fsp3) is 0.357. The van der Waals surface area contributed by atoms with Gasteiger partial charge in [0.2, 0.25) is 0 Å². The van der Waals surface area contributed by atoms with E-state index in [4.69, 9.17) is 16.4 Å². The average molecular weight is 325 g/mol. The molecule has 0 aromatic heterocycles. The minimum absolute atomic E-state index is 0.286. The molecule has 2 unspecified atom stereocenters.